The number of rotatable bonds is 7. The van der Waals surface area contributed by atoms with Crippen molar-refractivity contribution in [3.8, 4) is 0 Å². The van der Waals surface area contributed by atoms with Crippen molar-refractivity contribution in [1.29, 1.82) is 0 Å². The van der Waals surface area contributed by atoms with Gasteiger partial charge >= 0.3 is 0 Å². The third-order valence-corrected chi connectivity index (χ3v) is 3.94. The van der Waals surface area contributed by atoms with Gasteiger partial charge in [0, 0.05) is 37.7 Å². The van der Waals surface area contributed by atoms with Crippen molar-refractivity contribution in [3.05, 3.63) is 0 Å². The Balaban J connectivity index is 1.94. The maximum absolute atomic E-state index is 9.17. The highest BCUT2D eigenvalue weighted by atomic mass is 16.5. The summed E-state index contributed by atoms with van der Waals surface area (Å²) in [5.74, 6) is 0. The minimum Gasteiger partial charge on any atom is -0.395 e. The minimum atomic E-state index is 0.255. The van der Waals surface area contributed by atoms with Gasteiger partial charge in [-0.1, -0.05) is 0 Å². The van der Waals surface area contributed by atoms with E-state index in [0.29, 0.717) is 0 Å². The monoisotopic (exact) mass is 242 g/mol. The summed E-state index contributed by atoms with van der Waals surface area (Å²) < 4.78 is 5.69. The van der Waals surface area contributed by atoms with Crippen LogP contribution in [0.3, 0.4) is 0 Å². The summed E-state index contributed by atoms with van der Waals surface area (Å²) in [5.41, 5.74) is 0.255. The Labute approximate surface area is 104 Å². The molecule has 2 fully saturated rings. The van der Waals surface area contributed by atoms with Crippen LogP contribution in [0.4, 0.5) is 0 Å². The van der Waals surface area contributed by atoms with Gasteiger partial charge in [0.2, 0.25) is 0 Å². The molecular weight excluding hydrogens is 216 g/mol. The Hall–Kier alpha value is -0.160. The first-order valence-corrected chi connectivity index (χ1v) is 6.87. The summed E-state index contributed by atoms with van der Waals surface area (Å²) in [4.78, 5) is 2.46. The quantitative estimate of drug-likeness (QED) is 0.681. The largest absolute Gasteiger partial charge is 0.395 e. The average Bonchev–Trinajstić information content (AvgIpc) is 3.14. The van der Waals surface area contributed by atoms with Gasteiger partial charge in [0.05, 0.1) is 13.2 Å². The van der Waals surface area contributed by atoms with E-state index >= 15 is 0 Å². The predicted molar refractivity (Wildman–Crippen MR) is 68.1 cm³/mol. The summed E-state index contributed by atoms with van der Waals surface area (Å²) in [6.07, 6.45) is 5.01. The maximum Gasteiger partial charge on any atom is 0.0558 e. The zero-order valence-corrected chi connectivity index (χ0v) is 11.0. The van der Waals surface area contributed by atoms with Crippen molar-refractivity contribution < 1.29 is 9.84 Å². The topological polar surface area (TPSA) is 44.7 Å². The summed E-state index contributed by atoms with van der Waals surface area (Å²) in [6, 6.07) is 0.720. The van der Waals surface area contributed by atoms with E-state index in [2.05, 4.69) is 10.2 Å². The molecule has 0 amide bonds. The lowest BCUT2D eigenvalue weighted by atomic mass is 9.81. The summed E-state index contributed by atoms with van der Waals surface area (Å²) in [7, 11) is 2.02. The van der Waals surface area contributed by atoms with Crippen LogP contribution >= 0.6 is 0 Å². The van der Waals surface area contributed by atoms with Crippen LogP contribution in [0.15, 0.2) is 0 Å². The maximum atomic E-state index is 9.17. The van der Waals surface area contributed by atoms with Gasteiger partial charge in [0.15, 0.2) is 0 Å². The molecule has 0 bridgehead atoms. The van der Waals surface area contributed by atoms with Crippen LogP contribution in [-0.4, -0.2) is 62.6 Å². The molecule has 0 aromatic heterocycles. The fraction of sp³-hybridized carbons (Fsp3) is 1.00. The molecule has 100 valence electrons. The van der Waals surface area contributed by atoms with E-state index in [1.165, 1.54) is 25.7 Å². The van der Waals surface area contributed by atoms with Crippen molar-refractivity contribution in [3.63, 3.8) is 0 Å². The second-order valence-corrected chi connectivity index (χ2v) is 5.61. The van der Waals surface area contributed by atoms with E-state index in [-0.39, 0.29) is 12.0 Å². The molecule has 2 rings (SSSR count). The standard InChI is InChI=1S/C13H26N2O2/c1-14-9-13(5-2-8-17-11-13)10-15(6-7-16)12-3-4-12/h12,14,16H,2-11H2,1H3. The summed E-state index contributed by atoms with van der Waals surface area (Å²) in [6.45, 7) is 4.95. The highest BCUT2D eigenvalue weighted by molar-refractivity contribution is 4.92. The second-order valence-electron chi connectivity index (χ2n) is 5.61. The number of aliphatic hydroxyl groups is 1. The third kappa shape index (κ3) is 3.65. The molecule has 1 aliphatic carbocycles. The van der Waals surface area contributed by atoms with Gasteiger partial charge in [-0.15, -0.1) is 0 Å². The molecule has 1 heterocycles. The summed E-state index contributed by atoms with van der Waals surface area (Å²) in [5, 5.41) is 12.5. The minimum absolute atomic E-state index is 0.255. The number of nitrogens with one attached hydrogen (secondary N) is 1. The molecule has 1 saturated carbocycles. The lowest BCUT2D eigenvalue weighted by Gasteiger charge is -2.41. The first kappa shape index (κ1) is 13.3. The highest BCUT2D eigenvalue weighted by Crippen LogP contribution is 2.34. The lowest BCUT2D eigenvalue weighted by Crippen LogP contribution is -2.49. The molecule has 0 aromatic rings. The van der Waals surface area contributed by atoms with Gasteiger partial charge in [-0.3, -0.25) is 4.90 Å². The van der Waals surface area contributed by atoms with Crippen LogP contribution < -0.4 is 5.32 Å². The van der Waals surface area contributed by atoms with E-state index < -0.39 is 0 Å². The van der Waals surface area contributed by atoms with Crippen LogP contribution in [0.5, 0.6) is 0 Å². The van der Waals surface area contributed by atoms with Crippen LogP contribution in [0.25, 0.3) is 0 Å². The smallest absolute Gasteiger partial charge is 0.0558 e. The van der Waals surface area contributed by atoms with Crippen LogP contribution in [0, 0.1) is 5.41 Å². The number of nitrogens with zero attached hydrogens (tertiary/aromatic N) is 1. The molecule has 0 radical (unpaired) electrons. The van der Waals surface area contributed by atoms with Crippen molar-refractivity contribution in [2.75, 3.05) is 46.5 Å². The Morgan fingerprint density at radius 3 is 2.82 bits per heavy atom. The van der Waals surface area contributed by atoms with Gasteiger partial charge in [-0.2, -0.15) is 0 Å². The molecule has 1 aliphatic heterocycles. The van der Waals surface area contributed by atoms with Crippen molar-refractivity contribution in [2.45, 2.75) is 31.7 Å². The molecule has 1 unspecified atom stereocenters. The van der Waals surface area contributed by atoms with E-state index in [0.717, 1.165) is 38.9 Å². The summed E-state index contributed by atoms with van der Waals surface area (Å²) >= 11 is 0. The van der Waals surface area contributed by atoms with Crippen LogP contribution in [0.2, 0.25) is 0 Å². The van der Waals surface area contributed by atoms with Crippen molar-refractivity contribution in [2.24, 2.45) is 5.41 Å². The number of hydrogen-bond donors (Lipinski definition) is 2. The van der Waals surface area contributed by atoms with Crippen LogP contribution in [-0.2, 0) is 4.74 Å². The zero-order chi connectivity index (χ0) is 12.1. The zero-order valence-electron chi connectivity index (χ0n) is 11.0. The number of aliphatic hydroxyl groups excluding tert-OH is 1. The molecule has 2 N–H and O–H groups in total. The van der Waals surface area contributed by atoms with E-state index in [4.69, 9.17) is 9.84 Å². The number of hydrogen-bond acceptors (Lipinski definition) is 4. The molecular formula is C13H26N2O2. The normalized spacial score (nSPS) is 29.8. The molecule has 2 aliphatic rings. The molecule has 17 heavy (non-hydrogen) atoms. The van der Waals surface area contributed by atoms with E-state index in [1.54, 1.807) is 0 Å². The third-order valence-electron chi connectivity index (χ3n) is 3.94. The Morgan fingerprint density at radius 2 is 2.29 bits per heavy atom. The first-order valence-electron chi connectivity index (χ1n) is 6.87. The molecule has 0 aromatic carbocycles. The molecule has 1 atom stereocenters. The Bertz CT molecular complexity index is 220. The Morgan fingerprint density at radius 1 is 1.47 bits per heavy atom. The SMILES string of the molecule is CNCC1(CN(CCO)C2CC2)CCCOC1. The molecule has 0 spiro atoms. The Kier molecular flexibility index (Phi) is 4.79. The fourth-order valence-electron chi connectivity index (χ4n) is 2.99. The lowest BCUT2D eigenvalue weighted by molar-refractivity contribution is -0.0286. The molecule has 4 heteroatoms. The highest BCUT2D eigenvalue weighted by Gasteiger charge is 2.38. The first-order chi connectivity index (χ1) is 8.29. The van der Waals surface area contributed by atoms with Gasteiger partial charge < -0.3 is 15.2 Å². The van der Waals surface area contributed by atoms with Crippen LogP contribution in [0.1, 0.15) is 25.7 Å². The fourth-order valence-corrected chi connectivity index (χ4v) is 2.99. The van der Waals surface area contributed by atoms with Gasteiger partial charge in [-0.05, 0) is 32.7 Å². The van der Waals surface area contributed by atoms with E-state index in [9.17, 15) is 0 Å². The van der Waals surface area contributed by atoms with E-state index in [1.807, 2.05) is 7.05 Å². The van der Waals surface area contributed by atoms with Gasteiger partial charge in [-0.25, -0.2) is 0 Å². The predicted octanol–water partition coefficient (Wildman–Crippen LogP) is 0.459. The average molecular weight is 242 g/mol. The second kappa shape index (κ2) is 6.14. The van der Waals surface area contributed by atoms with Crippen molar-refractivity contribution in [1.82, 2.24) is 10.2 Å². The van der Waals surface area contributed by atoms with Gasteiger partial charge in [0.1, 0.15) is 0 Å². The molecule has 4 nitrogen and oxygen atoms in total. The molecule has 1 saturated heterocycles. The van der Waals surface area contributed by atoms with Gasteiger partial charge in [0.25, 0.3) is 0 Å². The van der Waals surface area contributed by atoms with Crippen molar-refractivity contribution >= 4 is 0 Å². The number of ether oxygens (including phenoxy) is 1.